The van der Waals surface area contributed by atoms with Crippen LogP contribution in [0.15, 0.2) is 40.2 Å². The number of nitrogen functional groups attached to an aromatic ring is 1. The standard InChI is InChI=1S/C29H40N12O7/c1-15(3-2-10-33-28(30)31)34-12-18(11-22(43)44)37-21(42)9-8-20(27(47)48)39-25(45)16-4-6-17(7-5-16)35-13-19-14-36-24-23(38-19)26(46)41-29(32)40-24/h4-7,14-15,18,20,34-35H,2-3,8-13H2,1H3,(H,37,42)(H,39,45)(H,43,44)(H,47,48)(H4,30,31,33)(H3,32,36,40,41,46)/t15-,18+,20+/m1/s1. The van der Waals surface area contributed by atoms with E-state index in [4.69, 9.17) is 17.2 Å². The predicted octanol–water partition coefficient (Wildman–Crippen LogP) is -1.14. The molecule has 3 aromatic rings. The van der Waals surface area contributed by atoms with Gasteiger partial charge in [-0.05, 0) is 50.5 Å². The summed E-state index contributed by atoms with van der Waals surface area (Å²) in [4.78, 5) is 79.2. The Morgan fingerprint density at radius 1 is 1.04 bits per heavy atom. The van der Waals surface area contributed by atoms with Crippen molar-refractivity contribution in [1.29, 1.82) is 0 Å². The molecule has 13 N–H and O–H groups in total. The Labute approximate surface area is 274 Å². The third-order valence-electron chi connectivity index (χ3n) is 6.96. The molecule has 3 rings (SSSR count). The summed E-state index contributed by atoms with van der Waals surface area (Å²) in [5, 5.41) is 30.2. The van der Waals surface area contributed by atoms with Crippen molar-refractivity contribution < 1.29 is 29.4 Å². The van der Waals surface area contributed by atoms with Gasteiger partial charge in [0.05, 0.1) is 30.9 Å². The molecule has 258 valence electrons. The van der Waals surface area contributed by atoms with Crippen LogP contribution >= 0.6 is 0 Å². The Hall–Kier alpha value is -5.85. The number of benzene rings is 1. The van der Waals surface area contributed by atoms with Gasteiger partial charge in [-0.3, -0.25) is 29.2 Å². The van der Waals surface area contributed by atoms with Gasteiger partial charge in [0.25, 0.3) is 11.5 Å². The summed E-state index contributed by atoms with van der Waals surface area (Å²) < 4.78 is 0. The zero-order chi connectivity index (χ0) is 35.2. The first-order valence-electron chi connectivity index (χ1n) is 15.0. The SMILES string of the molecule is C[C@H](CCCN=C(N)N)NC[C@H](CC(=O)O)NC(=O)CC[C@H](NC(=O)c1ccc(NCc2cnc3nc(N)[nH]c(=O)c3n2)cc1)C(=O)O. The number of amides is 2. The number of guanidine groups is 1. The lowest BCUT2D eigenvalue weighted by Gasteiger charge is -2.21. The van der Waals surface area contributed by atoms with Gasteiger partial charge >= 0.3 is 11.9 Å². The molecule has 2 amide bonds. The van der Waals surface area contributed by atoms with Gasteiger partial charge in [0.1, 0.15) is 6.04 Å². The number of carboxylic acids is 2. The summed E-state index contributed by atoms with van der Waals surface area (Å²) in [6.07, 6.45) is 2.02. The van der Waals surface area contributed by atoms with Crippen LogP contribution in [0.3, 0.4) is 0 Å². The molecule has 0 radical (unpaired) electrons. The molecule has 0 saturated carbocycles. The molecule has 3 atom stereocenters. The quantitative estimate of drug-likeness (QED) is 0.0410. The van der Waals surface area contributed by atoms with E-state index < -0.39 is 41.4 Å². The first kappa shape index (κ1) is 36.6. The highest BCUT2D eigenvalue weighted by Gasteiger charge is 2.23. The van der Waals surface area contributed by atoms with E-state index >= 15 is 0 Å². The normalized spacial score (nSPS) is 12.8. The van der Waals surface area contributed by atoms with Crippen LogP contribution in [0.25, 0.3) is 11.2 Å². The number of fused-ring (bicyclic) bond motifs is 1. The van der Waals surface area contributed by atoms with Crippen molar-refractivity contribution >= 4 is 52.5 Å². The van der Waals surface area contributed by atoms with Gasteiger partial charge in [0, 0.05) is 36.8 Å². The van der Waals surface area contributed by atoms with Crippen LogP contribution in [0.5, 0.6) is 0 Å². The molecular weight excluding hydrogens is 628 g/mol. The number of H-pyrrole nitrogens is 1. The average molecular weight is 669 g/mol. The van der Waals surface area contributed by atoms with Crippen molar-refractivity contribution in [3.05, 3.63) is 52.1 Å². The fourth-order valence-corrected chi connectivity index (χ4v) is 4.50. The molecule has 19 heteroatoms. The number of aromatic nitrogens is 4. The largest absolute Gasteiger partial charge is 0.481 e. The molecule has 0 saturated heterocycles. The number of aliphatic imine (C=N–C) groups is 1. The summed E-state index contributed by atoms with van der Waals surface area (Å²) in [6.45, 7) is 2.73. The maximum atomic E-state index is 12.8. The smallest absolute Gasteiger partial charge is 0.326 e. The summed E-state index contributed by atoms with van der Waals surface area (Å²) in [6, 6.07) is 4.05. The molecule has 2 heterocycles. The number of nitrogens with zero attached hydrogens (tertiary/aromatic N) is 4. The van der Waals surface area contributed by atoms with Crippen molar-refractivity contribution in [3.63, 3.8) is 0 Å². The number of aromatic amines is 1. The monoisotopic (exact) mass is 668 g/mol. The number of nitrogens with two attached hydrogens (primary N) is 3. The maximum Gasteiger partial charge on any atom is 0.326 e. The molecule has 0 bridgehead atoms. The number of anilines is 2. The van der Waals surface area contributed by atoms with Gasteiger partial charge in [0.2, 0.25) is 11.9 Å². The second-order valence-electron chi connectivity index (χ2n) is 10.9. The number of rotatable bonds is 19. The minimum absolute atomic E-state index is 0.00399. The summed E-state index contributed by atoms with van der Waals surface area (Å²) in [7, 11) is 0. The van der Waals surface area contributed by atoms with Crippen molar-refractivity contribution in [2.24, 2.45) is 16.5 Å². The second-order valence-corrected chi connectivity index (χ2v) is 10.9. The molecule has 0 unspecified atom stereocenters. The lowest BCUT2D eigenvalue weighted by atomic mass is 10.1. The van der Waals surface area contributed by atoms with E-state index in [-0.39, 0.29) is 67.0 Å². The van der Waals surface area contributed by atoms with Gasteiger partial charge in [-0.2, -0.15) is 4.98 Å². The first-order chi connectivity index (χ1) is 22.8. The first-order valence-corrected chi connectivity index (χ1v) is 15.0. The highest BCUT2D eigenvalue weighted by molar-refractivity contribution is 5.97. The topological polar surface area (TPSA) is 319 Å². The van der Waals surface area contributed by atoms with Gasteiger partial charge in [-0.25, -0.2) is 14.8 Å². The van der Waals surface area contributed by atoms with E-state index in [0.717, 1.165) is 0 Å². The molecule has 2 aromatic heterocycles. The van der Waals surface area contributed by atoms with Crippen LogP contribution in [-0.2, 0) is 20.9 Å². The van der Waals surface area contributed by atoms with Crippen molar-refractivity contribution in [3.8, 4) is 0 Å². The van der Waals surface area contributed by atoms with Gasteiger partial charge < -0.3 is 48.7 Å². The van der Waals surface area contributed by atoms with Crippen LogP contribution in [0, 0.1) is 0 Å². The van der Waals surface area contributed by atoms with Gasteiger partial charge in [0.15, 0.2) is 17.1 Å². The number of carboxylic acid groups (broad SMARTS) is 2. The fraction of sp³-hybridized carbons (Fsp3) is 0.414. The number of hydrogen-bond acceptors (Lipinski definition) is 12. The van der Waals surface area contributed by atoms with Crippen LogP contribution in [0.4, 0.5) is 11.6 Å². The Morgan fingerprint density at radius 3 is 2.44 bits per heavy atom. The van der Waals surface area contributed by atoms with Crippen LogP contribution < -0.4 is 44.0 Å². The van der Waals surface area contributed by atoms with E-state index in [2.05, 4.69) is 46.2 Å². The van der Waals surface area contributed by atoms with E-state index in [1.54, 1.807) is 12.1 Å². The Kier molecular flexibility index (Phi) is 13.5. The zero-order valence-corrected chi connectivity index (χ0v) is 26.2. The zero-order valence-electron chi connectivity index (χ0n) is 26.2. The van der Waals surface area contributed by atoms with Gasteiger partial charge in [-0.1, -0.05) is 0 Å². The molecular formula is C29H40N12O7. The summed E-state index contributed by atoms with van der Waals surface area (Å²) in [5.41, 5.74) is 17.0. The van der Waals surface area contributed by atoms with E-state index in [1.165, 1.54) is 18.3 Å². The number of nitrogens with one attached hydrogen (secondary N) is 5. The van der Waals surface area contributed by atoms with Crippen LogP contribution in [0.1, 0.15) is 55.1 Å². The minimum atomic E-state index is -1.37. The number of carbonyl (C=O) groups excluding carboxylic acids is 2. The number of carbonyl (C=O) groups is 4. The average Bonchev–Trinajstić information content (AvgIpc) is 3.02. The Bertz CT molecular complexity index is 1680. The highest BCUT2D eigenvalue weighted by Crippen LogP contribution is 2.12. The van der Waals surface area contributed by atoms with E-state index in [0.29, 0.717) is 30.8 Å². The summed E-state index contributed by atoms with van der Waals surface area (Å²) in [5.74, 6) is -3.72. The molecule has 0 aliphatic carbocycles. The summed E-state index contributed by atoms with van der Waals surface area (Å²) >= 11 is 0. The molecule has 0 aliphatic rings. The highest BCUT2D eigenvalue weighted by atomic mass is 16.4. The lowest BCUT2D eigenvalue weighted by molar-refractivity contribution is -0.139. The molecule has 0 aliphatic heterocycles. The molecule has 48 heavy (non-hydrogen) atoms. The van der Waals surface area contributed by atoms with Crippen LogP contribution in [-0.4, -0.2) is 91.1 Å². The number of aliphatic carboxylic acids is 2. The van der Waals surface area contributed by atoms with Crippen LogP contribution in [0.2, 0.25) is 0 Å². The molecule has 1 aromatic carbocycles. The third kappa shape index (κ3) is 12.2. The molecule has 0 spiro atoms. The van der Waals surface area contributed by atoms with E-state index in [9.17, 15) is 34.2 Å². The molecule has 0 fully saturated rings. The Morgan fingerprint density at radius 2 is 1.77 bits per heavy atom. The minimum Gasteiger partial charge on any atom is -0.481 e. The van der Waals surface area contributed by atoms with Crippen molar-refractivity contribution in [2.45, 2.75) is 63.7 Å². The second kappa shape index (κ2) is 17.7. The van der Waals surface area contributed by atoms with E-state index in [1.807, 2.05) is 6.92 Å². The lowest BCUT2D eigenvalue weighted by Crippen LogP contribution is -2.46. The van der Waals surface area contributed by atoms with Crippen molar-refractivity contribution in [2.75, 3.05) is 24.1 Å². The fourth-order valence-electron chi connectivity index (χ4n) is 4.50. The maximum absolute atomic E-state index is 12.8. The molecule has 19 nitrogen and oxygen atoms in total. The van der Waals surface area contributed by atoms with Crippen molar-refractivity contribution in [1.82, 2.24) is 35.9 Å². The third-order valence-corrected chi connectivity index (χ3v) is 6.96. The Balaban J connectivity index is 1.48. The predicted molar refractivity (Wildman–Crippen MR) is 176 cm³/mol. The van der Waals surface area contributed by atoms with Gasteiger partial charge in [-0.15, -0.1) is 0 Å². The number of hydrogen-bond donors (Lipinski definition) is 10.